The highest BCUT2D eigenvalue weighted by molar-refractivity contribution is 8.00. The molecule has 0 nitrogen and oxygen atoms in total. The van der Waals surface area contributed by atoms with Crippen LogP contribution in [0.3, 0.4) is 0 Å². The van der Waals surface area contributed by atoms with E-state index in [1.807, 2.05) is 0 Å². The van der Waals surface area contributed by atoms with Gasteiger partial charge in [0.05, 0.1) is 0 Å². The van der Waals surface area contributed by atoms with Gasteiger partial charge in [-0.15, -0.1) is 0 Å². The van der Waals surface area contributed by atoms with Gasteiger partial charge < -0.3 is 0 Å². The Hall–Kier alpha value is 0.350. The summed E-state index contributed by atoms with van der Waals surface area (Å²) < 4.78 is 0. The van der Waals surface area contributed by atoms with E-state index in [0.29, 0.717) is 10.8 Å². The molecule has 0 radical (unpaired) electrons. The van der Waals surface area contributed by atoms with Crippen molar-refractivity contribution in [2.75, 3.05) is 0 Å². The Morgan fingerprint density at radius 1 is 0.594 bits per heavy atom. The SMILES string of the molecule is CC1(CC2CCCCCC2)CCCC2C(C1)SC1CCC(C)(C3CCCCCC3)CCC12. The van der Waals surface area contributed by atoms with Crippen LogP contribution in [-0.2, 0) is 0 Å². The van der Waals surface area contributed by atoms with Gasteiger partial charge >= 0.3 is 0 Å². The minimum Gasteiger partial charge on any atom is -0.155 e. The van der Waals surface area contributed by atoms with Crippen LogP contribution in [0.4, 0.5) is 0 Å². The van der Waals surface area contributed by atoms with E-state index in [9.17, 15) is 0 Å². The zero-order chi connectivity index (χ0) is 22.0. The molecule has 5 fully saturated rings. The van der Waals surface area contributed by atoms with Gasteiger partial charge in [-0.2, -0.15) is 11.8 Å². The molecule has 6 atom stereocenters. The lowest BCUT2D eigenvalue weighted by Gasteiger charge is -2.38. The van der Waals surface area contributed by atoms with Crippen molar-refractivity contribution in [3.8, 4) is 0 Å². The molecule has 0 bridgehead atoms. The molecule has 0 amide bonds. The minimum atomic E-state index is 0.653. The molecule has 1 saturated heterocycles. The van der Waals surface area contributed by atoms with Gasteiger partial charge in [0.1, 0.15) is 0 Å². The van der Waals surface area contributed by atoms with Crippen molar-refractivity contribution in [2.45, 2.75) is 159 Å². The normalized spacial score (nSPS) is 45.2. The molecule has 1 aliphatic heterocycles. The Bertz CT molecular complexity index is 583. The molecule has 0 spiro atoms. The van der Waals surface area contributed by atoms with Gasteiger partial charge in [0, 0.05) is 10.5 Å². The van der Waals surface area contributed by atoms with Crippen molar-refractivity contribution in [2.24, 2.45) is 34.5 Å². The van der Waals surface area contributed by atoms with Crippen LogP contribution in [-0.4, -0.2) is 10.5 Å². The van der Waals surface area contributed by atoms with Crippen LogP contribution in [0, 0.1) is 34.5 Å². The maximum Gasteiger partial charge on any atom is 0.00864 e. The molecule has 1 heterocycles. The van der Waals surface area contributed by atoms with Crippen LogP contribution in [0.2, 0.25) is 0 Å². The smallest absolute Gasteiger partial charge is 0.00864 e. The molecule has 6 unspecified atom stereocenters. The molecule has 4 saturated carbocycles. The Labute approximate surface area is 205 Å². The quantitative estimate of drug-likeness (QED) is 0.379. The first-order chi connectivity index (χ1) is 15.5. The van der Waals surface area contributed by atoms with E-state index in [4.69, 9.17) is 0 Å². The second-order valence-electron chi connectivity index (χ2n) is 13.9. The van der Waals surface area contributed by atoms with Gasteiger partial charge in [0.15, 0.2) is 0 Å². The largest absolute Gasteiger partial charge is 0.155 e. The first kappa shape index (κ1) is 24.1. The average Bonchev–Trinajstić information content (AvgIpc) is 3.15. The summed E-state index contributed by atoms with van der Waals surface area (Å²) in [6.07, 6.45) is 32.3. The van der Waals surface area contributed by atoms with E-state index in [1.165, 1.54) is 64.2 Å². The van der Waals surface area contributed by atoms with Gasteiger partial charge in [-0.05, 0) is 98.7 Å². The Morgan fingerprint density at radius 2 is 1.22 bits per heavy atom. The van der Waals surface area contributed by atoms with Crippen molar-refractivity contribution >= 4 is 11.8 Å². The van der Waals surface area contributed by atoms with Crippen LogP contribution in [0.25, 0.3) is 0 Å². The summed E-state index contributed by atoms with van der Waals surface area (Å²) in [5, 5.41) is 2.02. The highest BCUT2D eigenvalue weighted by atomic mass is 32.2. The molecule has 1 heteroatoms. The van der Waals surface area contributed by atoms with Gasteiger partial charge in [-0.25, -0.2) is 0 Å². The van der Waals surface area contributed by atoms with E-state index in [1.54, 1.807) is 70.6 Å². The third-order valence-corrected chi connectivity index (χ3v) is 13.3. The molecule has 5 aliphatic rings. The van der Waals surface area contributed by atoms with Gasteiger partial charge in [0.2, 0.25) is 0 Å². The van der Waals surface area contributed by atoms with Gasteiger partial charge in [-0.1, -0.05) is 84.5 Å². The maximum absolute atomic E-state index is 2.73. The highest BCUT2D eigenvalue weighted by Gasteiger charge is 2.50. The first-order valence-electron chi connectivity index (χ1n) is 15.2. The fourth-order valence-corrected chi connectivity index (χ4v) is 11.8. The second kappa shape index (κ2) is 10.5. The fraction of sp³-hybridized carbons (Fsp3) is 1.00. The predicted octanol–water partition coefficient (Wildman–Crippen LogP) is 10.2. The zero-order valence-corrected chi connectivity index (χ0v) is 22.5. The lowest BCUT2D eigenvalue weighted by atomic mass is 9.68. The number of thioether (sulfide) groups is 1. The van der Waals surface area contributed by atoms with Crippen LogP contribution in [0.1, 0.15) is 149 Å². The fourth-order valence-electron chi connectivity index (χ4n) is 9.54. The molecular weight excluding hydrogens is 404 g/mol. The molecule has 4 aliphatic carbocycles. The van der Waals surface area contributed by atoms with E-state index in [2.05, 4.69) is 25.6 Å². The Morgan fingerprint density at radius 3 is 1.94 bits per heavy atom. The summed E-state index contributed by atoms with van der Waals surface area (Å²) in [6.45, 7) is 5.45. The monoisotopic (exact) mass is 458 g/mol. The topological polar surface area (TPSA) is 0 Å². The molecule has 5 rings (SSSR count). The number of hydrogen-bond donors (Lipinski definition) is 0. The van der Waals surface area contributed by atoms with Crippen molar-refractivity contribution < 1.29 is 0 Å². The van der Waals surface area contributed by atoms with E-state index in [-0.39, 0.29) is 0 Å². The molecule has 0 aromatic heterocycles. The van der Waals surface area contributed by atoms with Gasteiger partial charge in [-0.3, -0.25) is 0 Å². The van der Waals surface area contributed by atoms with Crippen molar-refractivity contribution in [3.63, 3.8) is 0 Å². The average molecular weight is 459 g/mol. The Kier molecular flexibility index (Phi) is 7.92. The highest BCUT2D eigenvalue weighted by Crippen LogP contribution is 2.60. The lowest BCUT2D eigenvalue weighted by molar-refractivity contribution is 0.133. The zero-order valence-electron chi connectivity index (χ0n) is 21.7. The van der Waals surface area contributed by atoms with E-state index < -0.39 is 0 Å². The molecule has 0 aromatic carbocycles. The van der Waals surface area contributed by atoms with Crippen LogP contribution in [0.5, 0.6) is 0 Å². The Balaban J connectivity index is 1.22. The summed E-state index contributed by atoms with van der Waals surface area (Å²) in [6, 6.07) is 0. The maximum atomic E-state index is 2.73. The third kappa shape index (κ3) is 5.44. The molecule has 0 aromatic rings. The summed E-state index contributed by atoms with van der Waals surface area (Å²) in [5.41, 5.74) is 1.32. The summed E-state index contributed by atoms with van der Waals surface area (Å²) in [4.78, 5) is 0. The van der Waals surface area contributed by atoms with Crippen molar-refractivity contribution in [1.82, 2.24) is 0 Å². The number of hydrogen-bond acceptors (Lipinski definition) is 1. The molecule has 32 heavy (non-hydrogen) atoms. The third-order valence-electron chi connectivity index (χ3n) is 11.5. The molecule has 0 N–H and O–H groups in total. The van der Waals surface area contributed by atoms with E-state index >= 15 is 0 Å². The van der Waals surface area contributed by atoms with Crippen molar-refractivity contribution in [1.29, 1.82) is 0 Å². The summed E-state index contributed by atoms with van der Waals surface area (Å²) in [7, 11) is 0. The lowest BCUT2D eigenvalue weighted by Crippen LogP contribution is -2.28. The predicted molar refractivity (Wildman–Crippen MR) is 142 cm³/mol. The summed E-state index contributed by atoms with van der Waals surface area (Å²) in [5.74, 6) is 4.23. The van der Waals surface area contributed by atoms with Crippen LogP contribution >= 0.6 is 11.8 Å². The number of rotatable bonds is 3. The number of fused-ring (bicyclic) bond motifs is 3. The van der Waals surface area contributed by atoms with Crippen LogP contribution < -0.4 is 0 Å². The van der Waals surface area contributed by atoms with Gasteiger partial charge in [0.25, 0.3) is 0 Å². The molecule has 184 valence electrons. The van der Waals surface area contributed by atoms with Crippen LogP contribution in [0.15, 0.2) is 0 Å². The standard InChI is InChI=1S/C31H54S/c1-30(22-24-12-7-3-4-8-13-24)19-11-16-26-27-17-20-31(2,25-14-9-5-6-10-15-25)21-18-28(27)32-29(26)23-30/h24-29H,3-23H2,1-2H3. The second-order valence-corrected chi connectivity index (χ2v) is 15.4. The molecular formula is C31H54S. The van der Waals surface area contributed by atoms with E-state index in [0.717, 1.165) is 34.2 Å². The summed E-state index contributed by atoms with van der Waals surface area (Å²) >= 11 is 2.53. The van der Waals surface area contributed by atoms with Crippen molar-refractivity contribution in [3.05, 3.63) is 0 Å². The first-order valence-corrected chi connectivity index (χ1v) is 16.1. The minimum absolute atomic E-state index is 0.653.